The smallest absolute Gasteiger partial charge is 0.315 e. The van der Waals surface area contributed by atoms with Crippen molar-refractivity contribution in [1.82, 2.24) is 10.6 Å². The summed E-state index contributed by atoms with van der Waals surface area (Å²) in [6.07, 6.45) is 0.971. The van der Waals surface area contributed by atoms with Crippen LogP contribution in [-0.4, -0.2) is 31.4 Å². The largest absolute Gasteiger partial charge is 0.493 e. The second kappa shape index (κ2) is 7.88. The Bertz CT molecular complexity index is 549. The van der Waals surface area contributed by atoms with Gasteiger partial charge in [-0.15, -0.1) is 0 Å². The van der Waals surface area contributed by atoms with Gasteiger partial charge in [-0.25, -0.2) is 4.79 Å². The van der Waals surface area contributed by atoms with Gasteiger partial charge in [-0.3, -0.25) is 0 Å². The Kier molecular flexibility index (Phi) is 6.13. The highest BCUT2D eigenvalue weighted by Crippen LogP contribution is 2.30. The molecule has 0 aliphatic carbocycles. The summed E-state index contributed by atoms with van der Waals surface area (Å²) in [5.74, 6) is 1.04. The number of nitrogens with one attached hydrogen (secondary N) is 2. The lowest BCUT2D eigenvalue weighted by molar-refractivity contribution is 0.0120. The van der Waals surface area contributed by atoms with Crippen LogP contribution in [0.5, 0.6) is 5.75 Å². The Morgan fingerprint density at radius 2 is 2.22 bits per heavy atom. The van der Waals surface area contributed by atoms with Crippen molar-refractivity contribution in [2.75, 3.05) is 19.8 Å². The van der Waals surface area contributed by atoms with Crippen molar-refractivity contribution < 1.29 is 14.3 Å². The van der Waals surface area contributed by atoms with Gasteiger partial charge in [0.25, 0.3) is 0 Å². The van der Waals surface area contributed by atoms with E-state index in [0.717, 1.165) is 18.6 Å². The third-order valence-corrected chi connectivity index (χ3v) is 4.44. The van der Waals surface area contributed by atoms with Crippen LogP contribution in [0.2, 0.25) is 5.02 Å². The Labute approximate surface area is 142 Å². The highest BCUT2D eigenvalue weighted by Gasteiger charge is 2.35. The molecule has 1 unspecified atom stereocenters. The molecule has 1 aromatic carbocycles. The summed E-state index contributed by atoms with van der Waals surface area (Å²) >= 11 is 5.97. The van der Waals surface area contributed by atoms with E-state index in [2.05, 4.69) is 24.5 Å². The maximum absolute atomic E-state index is 12.0. The number of hydrogen-bond donors (Lipinski definition) is 2. The average Bonchev–Trinajstić information content (AvgIpc) is 2.83. The Morgan fingerprint density at radius 1 is 1.43 bits per heavy atom. The first-order chi connectivity index (χ1) is 10.9. The molecule has 1 aromatic rings. The molecule has 0 bridgehead atoms. The lowest BCUT2D eigenvalue weighted by Crippen LogP contribution is -2.42. The van der Waals surface area contributed by atoms with Crippen molar-refractivity contribution in [1.29, 1.82) is 0 Å². The summed E-state index contributed by atoms with van der Waals surface area (Å²) in [6.45, 7) is 8.34. The van der Waals surface area contributed by atoms with Gasteiger partial charge < -0.3 is 20.1 Å². The normalized spacial score (nSPS) is 19.4. The molecule has 2 rings (SSSR count). The predicted molar refractivity (Wildman–Crippen MR) is 91.0 cm³/mol. The fourth-order valence-corrected chi connectivity index (χ4v) is 2.86. The zero-order chi connectivity index (χ0) is 16.9. The number of benzene rings is 1. The van der Waals surface area contributed by atoms with Crippen LogP contribution in [0.1, 0.15) is 32.8 Å². The van der Waals surface area contributed by atoms with E-state index in [1.807, 2.05) is 13.0 Å². The van der Waals surface area contributed by atoms with Crippen molar-refractivity contribution in [3.05, 3.63) is 28.8 Å². The van der Waals surface area contributed by atoms with Gasteiger partial charge in [-0.1, -0.05) is 17.7 Å². The van der Waals surface area contributed by atoms with Crippen molar-refractivity contribution in [2.45, 2.75) is 39.3 Å². The second-order valence-corrected chi connectivity index (χ2v) is 6.62. The number of hydrogen-bond acceptors (Lipinski definition) is 3. The van der Waals surface area contributed by atoms with Gasteiger partial charge >= 0.3 is 6.03 Å². The maximum atomic E-state index is 12.0. The first kappa shape index (κ1) is 17.9. The van der Waals surface area contributed by atoms with Crippen molar-refractivity contribution >= 4 is 17.6 Å². The van der Waals surface area contributed by atoms with Gasteiger partial charge in [0.15, 0.2) is 0 Å². The average molecular weight is 341 g/mol. The summed E-state index contributed by atoms with van der Waals surface area (Å²) in [4.78, 5) is 12.0. The topological polar surface area (TPSA) is 59.6 Å². The molecule has 128 valence electrons. The van der Waals surface area contributed by atoms with E-state index in [1.165, 1.54) is 0 Å². The van der Waals surface area contributed by atoms with Crippen molar-refractivity contribution in [2.24, 2.45) is 5.92 Å². The predicted octanol–water partition coefficient (Wildman–Crippen LogP) is 3.35. The number of urea groups is 1. The van der Waals surface area contributed by atoms with Crippen LogP contribution < -0.4 is 15.4 Å². The summed E-state index contributed by atoms with van der Waals surface area (Å²) in [6, 6.07) is 5.22. The molecule has 5 nitrogen and oxygen atoms in total. The van der Waals surface area contributed by atoms with E-state index < -0.39 is 0 Å². The highest BCUT2D eigenvalue weighted by molar-refractivity contribution is 6.30. The Morgan fingerprint density at radius 3 is 2.87 bits per heavy atom. The van der Waals surface area contributed by atoms with Gasteiger partial charge in [-0.05, 0) is 39.3 Å². The molecule has 23 heavy (non-hydrogen) atoms. The molecule has 2 amide bonds. The third kappa shape index (κ3) is 5.01. The van der Waals surface area contributed by atoms with E-state index >= 15 is 0 Å². The lowest BCUT2D eigenvalue weighted by atomic mass is 9.91. The number of carbonyl (C=O) groups excluding carboxylic acids is 1. The van der Waals surface area contributed by atoms with Crippen LogP contribution in [-0.2, 0) is 11.3 Å². The minimum absolute atomic E-state index is 0.175. The molecular weight excluding hydrogens is 316 g/mol. The summed E-state index contributed by atoms with van der Waals surface area (Å²) in [5.41, 5.74) is 0.724. The van der Waals surface area contributed by atoms with Gasteiger partial charge in [0.1, 0.15) is 5.75 Å². The number of carbonyl (C=O) groups is 1. The summed E-state index contributed by atoms with van der Waals surface area (Å²) in [7, 11) is 0. The quantitative estimate of drug-likeness (QED) is 0.834. The maximum Gasteiger partial charge on any atom is 0.315 e. The fourth-order valence-electron chi connectivity index (χ4n) is 2.70. The minimum atomic E-state index is -0.190. The number of amides is 2. The zero-order valence-electron chi connectivity index (χ0n) is 13.9. The molecule has 1 aliphatic rings. The summed E-state index contributed by atoms with van der Waals surface area (Å²) in [5, 5.41) is 6.39. The van der Waals surface area contributed by atoms with E-state index in [9.17, 15) is 4.79 Å². The van der Waals surface area contributed by atoms with E-state index in [1.54, 1.807) is 12.1 Å². The van der Waals surface area contributed by atoms with Crippen molar-refractivity contribution in [3.8, 4) is 5.75 Å². The van der Waals surface area contributed by atoms with E-state index in [4.69, 9.17) is 21.1 Å². The zero-order valence-corrected chi connectivity index (χ0v) is 14.7. The van der Waals surface area contributed by atoms with Crippen LogP contribution in [0.4, 0.5) is 4.79 Å². The Balaban J connectivity index is 1.82. The van der Waals surface area contributed by atoms with Crippen LogP contribution in [0.15, 0.2) is 18.2 Å². The third-order valence-electron chi connectivity index (χ3n) is 4.20. The molecular formula is C17H25ClN2O3. The molecule has 1 fully saturated rings. The van der Waals surface area contributed by atoms with E-state index in [-0.39, 0.29) is 11.6 Å². The molecule has 0 radical (unpaired) electrons. The number of rotatable bonds is 6. The minimum Gasteiger partial charge on any atom is -0.493 e. The molecule has 1 atom stereocenters. The standard InChI is InChI=1S/C17H25ClN2O3/c1-4-22-15-9-14(18)6-5-12(15)10-19-16(21)20-11-13-7-8-23-17(13,2)3/h5-6,9,13H,4,7-8,10-11H2,1-3H3,(H2,19,20,21). The first-order valence-corrected chi connectivity index (χ1v) is 8.37. The fraction of sp³-hybridized carbons (Fsp3) is 0.588. The number of ether oxygens (including phenoxy) is 2. The summed E-state index contributed by atoms with van der Waals surface area (Å²) < 4.78 is 11.2. The highest BCUT2D eigenvalue weighted by atomic mass is 35.5. The second-order valence-electron chi connectivity index (χ2n) is 6.19. The van der Waals surface area contributed by atoms with Crippen LogP contribution in [0.25, 0.3) is 0 Å². The molecule has 0 aromatic heterocycles. The molecule has 2 N–H and O–H groups in total. The molecule has 1 heterocycles. The molecule has 0 saturated carbocycles. The van der Waals surface area contributed by atoms with Gasteiger partial charge in [0.2, 0.25) is 0 Å². The molecule has 0 spiro atoms. The van der Waals surface area contributed by atoms with Crippen LogP contribution >= 0.6 is 11.6 Å². The monoisotopic (exact) mass is 340 g/mol. The van der Waals surface area contributed by atoms with Gasteiger partial charge in [0.05, 0.1) is 12.2 Å². The molecule has 1 saturated heterocycles. The van der Waals surface area contributed by atoms with E-state index in [0.29, 0.717) is 36.4 Å². The van der Waals surface area contributed by atoms with Crippen LogP contribution in [0.3, 0.4) is 0 Å². The SMILES string of the molecule is CCOc1cc(Cl)ccc1CNC(=O)NCC1CCOC1(C)C. The number of halogens is 1. The van der Waals surface area contributed by atoms with Gasteiger partial charge in [-0.2, -0.15) is 0 Å². The lowest BCUT2D eigenvalue weighted by Gasteiger charge is -2.25. The first-order valence-electron chi connectivity index (χ1n) is 7.99. The van der Waals surface area contributed by atoms with Gasteiger partial charge in [0, 0.05) is 36.2 Å². The van der Waals surface area contributed by atoms with Crippen LogP contribution in [0, 0.1) is 5.92 Å². The molecule has 6 heteroatoms. The molecule has 1 aliphatic heterocycles. The Hall–Kier alpha value is -1.46. The van der Waals surface area contributed by atoms with Crippen molar-refractivity contribution in [3.63, 3.8) is 0 Å².